The topological polar surface area (TPSA) is 91.0 Å². The van der Waals surface area contributed by atoms with Crippen LogP contribution in [0.2, 0.25) is 0 Å². The van der Waals surface area contributed by atoms with Crippen LogP contribution in [0.4, 0.5) is 0 Å². The number of methoxy groups -OCH3 is 1. The number of nitrogens with one attached hydrogen (secondary N) is 2. The third kappa shape index (κ3) is 1.91. The number of aromatic nitrogens is 3. The predicted molar refractivity (Wildman–Crippen MR) is 74.1 cm³/mol. The van der Waals surface area contributed by atoms with Crippen molar-refractivity contribution in [2.24, 2.45) is 0 Å². The van der Waals surface area contributed by atoms with E-state index in [1.54, 1.807) is 7.11 Å². The lowest BCUT2D eigenvalue weighted by atomic mass is 10.1. The Morgan fingerprint density at radius 3 is 2.75 bits per heavy atom. The Balaban J connectivity index is 2.19. The smallest absolute Gasteiger partial charge is 0.353 e. The average Bonchev–Trinajstić information content (AvgIpc) is 3.01. The van der Waals surface area contributed by atoms with Crippen LogP contribution in [0.25, 0.3) is 22.2 Å². The van der Waals surface area contributed by atoms with Gasteiger partial charge >= 0.3 is 5.97 Å². The number of hydrogen-bond acceptors (Lipinski definition) is 3. The summed E-state index contributed by atoms with van der Waals surface area (Å²) in [4.78, 5) is 14.1. The van der Waals surface area contributed by atoms with Crippen molar-refractivity contribution >= 4 is 16.9 Å². The fraction of sp³-hybridized carbons (Fsp3) is 0.143. The van der Waals surface area contributed by atoms with Crippen molar-refractivity contribution in [2.75, 3.05) is 7.11 Å². The first kappa shape index (κ1) is 12.3. The van der Waals surface area contributed by atoms with Crippen LogP contribution < -0.4 is 4.74 Å². The van der Waals surface area contributed by atoms with Gasteiger partial charge in [0.25, 0.3) is 0 Å². The summed E-state index contributed by atoms with van der Waals surface area (Å²) in [5.74, 6) is -0.389. The molecule has 2 heterocycles. The maximum Gasteiger partial charge on any atom is 0.353 e. The molecule has 0 bridgehead atoms. The van der Waals surface area contributed by atoms with Crippen LogP contribution in [0.15, 0.2) is 24.3 Å². The number of hydrogen-bond donors (Lipinski definition) is 3. The maximum atomic E-state index is 10.9. The highest BCUT2D eigenvalue weighted by Crippen LogP contribution is 2.33. The molecule has 6 heteroatoms. The third-order valence-corrected chi connectivity index (χ3v) is 3.16. The molecule has 0 aliphatic heterocycles. The minimum absolute atomic E-state index is 0.0461. The molecule has 0 aliphatic rings. The normalized spacial score (nSPS) is 10.9. The van der Waals surface area contributed by atoms with E-state index in [2.05, 4.69) is 15.2 Å². The Hall–Kier alpha value is -2.76. The van der Waals surface area contributed by atoms with E-state index in [0.29, 0.717) is 11.4 Å². The number of nitrogens with zero attached hydrogens (tertiary/aromatic N) is 1. The molecule has 0 unspecified atom stereocenters. The van der Waals surface area contributed by atoms with Crippen LogP contribution in [0.5, 0.6) is 5.75 Å². The first-order chi connectivity index (χ1) is 9.58. The third-order valence-electron chi connectivity index (χ3n) is 3.16. The summed E-state index contributed by atoms with van der Waals surface area (Å²) in [7, 11) is 1.58. The van der Waals surface area contributed by atoms with Crippen LogP contribution in [0.1, 0.15) is 16.2 Å². The first-order valence-corrected chi connectivity index (χ1v) is 6.05. The largest absolute Gasteiger partial charge is 0.496 e. The van der Waals surface area contributed by atoms with Crippen LogP contribution in [0, 0.1) is 6.92 Å². The Bertz CT molecular complexity index is 801. The van der Waals surface area contributed by atoms with Crippen LogP contribution in [-0.4, -0.2) is 33.4 Å². The number of carboxylic acids is 1. The zero-order valence-electron chi connectivity index (χ0n) is 11.0. The van der Waals surface area contributed by atoms with Crippen LogP contribution in [-0.2, 0) is 0 Å². The number of benzene rings is 1. The van der Waals surface area contributed by atoms with Gasteiger partial charge in [-0.25, -0.2) is 4.79 Å². The lowest BCUT2D eigenvalue weighted by Crippen LogP contribution is -1.95. The fourth-order valence-electron chi connectivity index (χ4n) is 2.24. The SMILES string of the molecule is COc1cc2cc(C)[nH]c2cc1-c1cc(C(=O)O)[nH]n1. The monoisotopic (exact) mass is 271 g/mol. The Labute approximate surface area is 114 Å². The van der Waals surface area contributed by atoms with Crippen molar-refractivity contribution in [1.82, 2.24) is 15.2 Å². The van der Waals surface area contributed by atoms with Crippen LogP contribution >= 0.6 is 0 Å². The van der Waals surface area contributed by atoms with Gasteiger partial charge in [0.2, 0.25) is 0 Å². The van der Waals surface area contributed by atoms with E-state index in [1.165, 1.54) is 6.07 Å². The van der Waals surface area contributed by atoms with Gasteiger partial charge in [0, 0.05) is 22.2 Å². The van der Waals surface area contributed by atoms with Crippen molar-refractivity contribution in [2.45, 2.75) is 6.92 Å². The van der Waals surface area contributed by atoms with E-state index in [0.717, 1.165) is 22.2 Å². The highest BCUT2D eigenvalue weighted by atomic mass is 16.5. The van der Waals surface area contributed by atoms with Gasteiger partial charge in [-0.05, 0) is 31.2 Å². The van der Waals surface area contributed by atoms with Gasteiger partial charge < -0.3 is 14.8 Å². The lowest BCUT2D eigenvalue weighted by molar-refractivity contribution is 0.0690. The number of fused-ring (bicyclic) bond motifs is 1. The van der Waals surface area contributed by atoms with Gasteiger partial charge in [0.1, 0.15) is 11.4 Å². The van der Waals surface area contributed by atoms with E-state index < -0.39 is 5.97 Å². The second-order valence-electron chi connectivity index (χ2n) is 4.56. The Kier molecular flexibility index (Phi) is 2.71. The summed E-state index contributed by atoms with van der Waals surface area (Å²) in [6.45, 7) is 1.98. The minimum atomic E-state index is -1.04. The molecule has 6 nitrogen and oxygen atoms in total. The van der Waals surface area contributed by atoms with Gasteiger partial charge in [-0.15, -0.1) is 0 Å². The van der Waals surface area contributed by atoms with E-state index >= 15 is 0 Å². The van der Waals surface area contributed by atoms with Crippen molar-refractivity contribution in [1.29, 1.82) is 0 Å². The molecule has 2 aromatic heterocycles. The molecule has 1 aromatic carbocycles. The molecular weight excluding hydrogens is 258 g/mol. The number of aromatic amines is 2. The molecule has 3 N–H and O–H groups in total. The average molecular weight is 271 g/mol. The zero-order valence-corrected chi connectivity index (χ0v) is 11.0. The highest BCUT2D eigenvalue weighted by molar-refractivity contribution is 5.91. The summed E-state index contributed by atoms with van der Waals surface area (Å²) < 4.78 is 5.37. The number of aryl methyl sites for hydroxylation is 1. The molecule has 3 aromatic rings. The molecule has 0 saturated heterocycles. The minimum Gasteiger partial charge on any atom is -0.496 e. The molecule has 102 valence electrons. The number of H-pyrrole nitrogens is 2. The van der Waals surface area contributed by atoms with Gasteiger partial charge in [-0.3, -0.25) is 5.10 Å². The lowest BCUT2D eigenvalue weighted by Gasteiger charge is -2.06. The summed E-state index contributed by atoms with van der Waals surface area (Å²) in [5, 5.41) is 16.5. The van der Waals surface area contributed by atoms with E-state index in [1.807, 2.05) is 25.1 Å². The number of aromatic carboxylic acids is 1. The Morgan fingerprint density at radius 2 is 2.10 bits per heavy atom. The molecular formula is C14H13N3O3. The van der Waals surface area contributed by atoms with E-state index in [4.69, 9.17) is 9.84 Å². The number of ether oxygens (including phenoxy) is 1. The standard InChI is InChI=1S/C14H13N3O3/c1-7-3-8-4-13(20-2)9(5-10(8)15-7)11-6-12(14(18)19)17-16-11/h3-6,15H,1-2H3,(H,16,17)(H,18,19). The molecule has 0 spiro atoms. The number of rotatable bonds is 3. The second kappa shape index (κ2) is 4.41. The van der Waals surface area contributed by atoms with Gasteiger partial charge in [0.15, 0.2) is 0 Å². The molecule has 0 aliphatic carbocycles. The molecule has 0 saturated carbocycles. The maximum absolute atomic E-state index is 10.9. The van der Waals surface area contributed by atoms with Gasteiger partial charge in [-0.2, -0.15) is 5.10 Å². The van der Waals surface area contributed by atoms with E-state index in [9.17, 15) is 4.79 Å². The summed E-state index contributed by atoms with van der Waals surface area (Å²) >= 11 is 0. The molecule has 3 rings (SSSR count). The summed E-state index contributed by atoms with van der Waals surface area (Å²) in [5.41, 5.74) is 3.33. The molecule has 0 fully saturated rings. The van der Waals surface area contributed by atoms with Gasteiger partial charge in [-0.1, -0.05) is 0 Å². The second-order valence-corrected chi connectivity index (χ2v) is 4.56. The summed E-state index contributed by atoms with van der Waals surface area (Å²) in [6, 6.07) is 7.32. The fourth-order valence-corrected chi connectivity index (χ4v) is 2.24. The predicted octanol–water partition coefficient (Wildman–Crippen LogP) is 2.57. The zero-order chi connectivity index (χ0) is 14.3. The highest BCUT2D eigenvalue weighted by Gasteiger charge is 2.14. The molecule has 0 atom stereocenters. The van der Waals surface area contributed by atoms with Crippen molar-refractivity contribution in [3.63, 3.8) is 0 Å². The number of carboxylic acid groups (broad SMARTS) is 1. The van der Waals surface area contributed by atoms with Crippen molar-refractivity contribution < 1.29 is 14.6 Å². The summed E-state index contributed by atoms with van der Waals surface area (Å²) in [6.07, 6.45) is 0. The molecule has 0 amide bonds. The number of carbonyl (C=O) groups is 1. The van der Waals surface area contributed by atoms with Crippen molar-refractivity contribution in [3.8, 4) is 17.0 Å². The molecule has 0 radical (unpaired) electrons. The van der Waals surface area contributed by atoms with Crippen LogP contribution in [0.3, 0.4) is 0 Å². The van der Waals surface area contributed by atoms with Crippen molar-refractivity contribution in [3.05, 3.63) is 35.7 Å². The first-order valence-electron chi connectivity index (χ1n) is 6.05. The molecule has 20 heavy (non-hydrogen) atoms. The van der Waals surface area contributed by atoms with E-state index in [-0.39, 0.29) is 5.69 Å². The Morgan fingerprint density at radius 1 is 1.30 bits per heavy atom. The van der Waals surface area contributed by atoms with Gasteiger partial charge in [0.05, 0.1) is 12.8 Å². The quantitative estimate of drug-likeness (QED) is 0.682.